The summed E-state index contributed by atoms with van der Waals surface area (Å²) >= 11 is 0. The first-order valence-corrected chi connectivity index (χ1v) is 12.4. The van der Waals surface area contributed by atoms with Crippen molar-refractivity contribution in [2.75, 3.05) is 7.11 Å². The summed E-state index contributed by atoms with van der Waals surface area (Å²) < 4.78 is 82.7. The van der Waals surface area contributed by atoms with Gasteiger partial charge in [-0.05, 0) is 42.6 Å². The summed E-state index contributed by atoms with van der Waals surface area (Å²) in [5.41, 5.74) is -7.51. The smallest absolute Gasteiger partial charge is 0.472 e. The predicted molar refractivity (Wildman–Crippen MR) is 110 cm³/mol. The molecule has 0 N–H and O–H groups in total. The number of fused-ring (bicyclic) bond motifs is 3. The normalized spacial score (nSPS) is 37.7. The molecule has 3 fully saturated rings. The van der Waals surface area contributed by atoms with Gasteiger partial charge in [0.15, 0.2) is 5.78 Å². The fraction of sp³-hybridized carbons (Fsp3) is 0.682. The second kappa shape index (κ2) is 8.32. The first-order valence-electron chi connectivity index (χ1n) is 11.0. The maximum atomic E-state index is 13.7. The topological polar surface area (TPSA) is 126 Å². The highest BCUT2D eigenvalue weighted by Gasteiger charge is 2.68. The quantitative estimate of drug-likeness (QED) is 0.333. The predicted octanol–water partition coefficient (Wildman–Crippen LogP) is 3.30. The van der Waals surface area contributed by atoms with E-state index >= 15 is 0 Å². The van der Waals surface area contributed by atoms with Crippen LogP contribution in [0.5, 0.6) is 0 Å². The molecule has 0 amide bonds. The van der Waals surface area contributed by atoms with Gasteiger partial charge in [-0.15, -0.1) is 0 Å². The van der Waals surface area contributed by atoms with E-state index in [1.54, 1.807) is 19.9 Å². The van der Waals surface area contributed by atoms with Crippen LogP contribution in [0.1, 0.15) is 51.2 Å². The molecule has 1 aromatic rings. The maximum Gasteiger partial charge on any atom is 0.523 e. The van der Waals surface area contributed by atoms with Gasteiger partial charge < -0.3 is 13.9 Å². The third-order valence-electron chi connectivity index (χ3n) is 8.03. The molecule has 2 saturated carbocycles. The van der Waals surface area contributed by atoms with Crippen LogP contribution in [-0.2, 0) is 38.2 Å². The zero-order chi connectivity index (χ0) is 26.0. The first kappa shape index (κ1) is 25.7. The Labute approximate surface area is 199 Å². The number of furan rings is 1. The molecule has 4 rings (SSSR count). The van der Waals surface area contributed by atoms with Gasteiger partial charge in [0.1, 0.15) is 12.2 Å². The molecule has 3 aliphatic rings. The summed E-state index contributed by atoms with van der Waals surface area (Å²) in [4.78, 5) is 39.5. The summed E-state index contributed by atoms with van der Waals surface area (Å²) in [7, 11) is -5.03. The number of methoxy groups -OCH3 is 1. The molecule has 0 bridgehead atoms. The van der Waals surface area contributed by atoms with Gasteiger partial charge in [-0.25, -0.2) is 0 Å². The molecule has 35 heavy (non-hydrogen) atoms. The number of ether oxygens (including phenoxy) is 2. The zero-order valence-corrected chi connectivity index (χ0v) is 20.0. The van der Waals surface area contributed by atoms with Gasteiger partial charge in [0, 0.05) is 11.5 Å². The van der Waals surface area contributed by atoms with E-state index in [1.165, 1.54) is 12.5 Å². The molecule has 194 valence electrons. The number of cyclic esters (lactones) is 1. The summed E-state index contributed by atoms with van der Waals surface area (Å²) in [6.45, 7) is 3.31. The second-order valence-corrected chi connectivity index (χ2v) is 11.5. The van der Waals surface area contributed by atoms with Crippen LogP contribution in [0.4, 0.5) is 13.2 Å². The molecule has 2 aliphatic carbocycles. The van der Waals surface area contributed by atoms with E-state index in [0.29, 0.717) is 5.56 Å². The first-order chi connectivity index (χ1) is 16.2. The van der Waals surface area contributed by atoms with Crippen LogP contribution in [0.2, 0.25) is 0 Å². The Morgan fingerprint density at radius 3 is 2.46 bits per heavy atom. The Bertz CT molecular complexity index is 1130. The van der Waals surface area contributed by atoms with E-state index in [0.717, 1.165) is 7.11 Å². The van der Waals surface area contributed by atoms with E-state index in [1.807, 2.05) is 0 Å². The van der Waals surface area contributed by atoms with Crippen LogP contribution >= 0.6 is 0 Å². The largest absolute Gasteiger partial charge is 0.523 e. The molecule has 1 aliphatic heterocycles. The van der Waals surface area contributed by atoms with E-state index in [4.69, 9.17) is 13.9 Å². The van der Waals surface area contributed by atoms with Crippen molar-refractivity contribution in [3.05, 3.63) is 24.2 Å². The van der Waals surface area contributed by atoms with Crippen molar-refractivity contribution < 1.29 is 54.0 Å². The molecule has 7 atom stereocenters. The second-order valence-electron chi connectivity index (χ2n) is 9.92. The molecule has 0 radical (unpaired) electrons. The van der Waals surface area contributed by atoms with Crippen LogP contribution in [0.3, 0.4) is 0 Å². The summed E-state index contributed by atoms with van der Waals surface area (Å²) in [6.07, 6.45) is -0.106. The number of hydrogen-bond donors (Lipinski definition) is 0. The SMILES string of the molecule is COC(=O)[C@@H]1C[C@@H](OS(=O)(=O)C(F)(F)F)C(=O)C2[C@@]1(C)CC[C@H]1C(=O)O[C@H](c3ccoc3)C[C@]21C. The molecule has 9 nitrogen and oxygen atoms in total. The minimum absolute atomic E-state index is 0.113. The Hall–Kier alpha value is -2.41. The molecular weight excluding hydrogens is 497 g/mol. The van der Waals surface area contributed by atoms with E-state index in [9.17, 15) is 36.0 Å². The minimum atomic E-state index is -6.13. The molecule has 1 aromatic heterocycles. The van der Waals surface area contributed by atoms with E-state index in [2.05, 4.69) is 4.18 Å². The highest BCUT2D eigenvalue weighted by atomic mass is 32.2. The lowest BCUT2D eigenvalue weighted by molar-refractivity contribution is -0.207. The van der Waals surface area contributed by atoms with Crippen LogP contribution in [0, 0.1) is 28.6 Å². The summed E-state index contributed by atoms with van der Waals surface area (Å²) in [5, 5.41) is 0. The number of ketones is 1. The molecule has 13 heteroatoms. The van der Waals surface area contributed by atoms with Gasteiger partial charge in [0.2, 0.25) is 0 Å². The highest BCUT2D eigenvalue weighted by molar-refractivity contribution is 7.87. The van der Waals surface area contributed by atoms with Gasteiger partial charge in [0.25, 0.3) is 0 Å². The van der Waals surface area contributed by atoms with Crippen molar-refractivity contribution in [1.29, 1.82) is 0 Å². The van der Waals surface area contributed by atoms with E-state index < -0.39 is 80.6 Å². The summed E-state index contributed by atoms with van der Waals surface area (Å²) in [6, 6.07) is 1.59. The van der Waals surface area contributed by atoms with Gasteiger partial charge in [-0.1, -0.05) is 13.8 Å². The van der Waals surface area contributed by atoms with Crippen molar-refractivity contribution >= 4 is 27.8 Å². The molecule has 2 heterocycles. The minimum Gasteiger partial charge on any atom is -0.472 e. The lowest BCUT2D eigenvalue weighted by atomic mass is 9.43. The molecular formula is C22H25F3O9S. The van der Waals surface area contributed by atoms with Crippen molar-refractivity contribution in [3.8, 4) is 0 Å². The number of alkyl halides is 3. The van der Waals surface area contributed by atoms with Gasteiger partial charge in [0.05, 0.1) is 31.5 Å². The van der Waals surface area contributed by atoms with Crippen molar-refractivity contribution in [2.45, 2.75) is 57.2 Å². The highest BCUT2D eigenvalue weighted by Crippen LogP contribution is 2.65. The number of carbonyl (C=O) groups excluding carboxylic acids is 3. The lowest BCUT2D eigenvalue weighted by Gasteiger charge is -2.61. The molecule has 0 spiro atoms. The van der Waals surface area contributed by atoms with Crippen molar-refractivity contribution in [1.82, 2.24) is 0 Å². The average Bonchev–Trinajstić information content (AvgIpc) is 3.28. The Morgan fingerprint density at radius 2 is 1.89 bits per heavy atom. The van der Waals surface area contributed by atoms with Crippen molar-refractivity contribution in [2.24, 2.45) is 28.6 Å². The number of esters is 2. The third kappa shape index (κ3) is 3.96. The van der Waals surface area contributed by atoms with Crippen LogP contribution in [0.25, 0.3) is 0 Å². The molecule has 0 aromatic carbocycles. The maximum absolute atomic E-state index is 13.7. The lowest BCUT2D eigenvalue weighted by Crippen LogP contribution is -2.65. The fourth-order valence-electron chi connectivity index (χ4n) is 6.45. The number of Topliss-reactive ketones (excluding diaryl/α,β-unsaturated/α-hetero) is 1. The van der Waals surface area contributed by atoms with Gasteiger partial charge >= 0.3 is 27.6 Å². The number of carbonyl (C=O) groups is 3. The Balaban J connectivity index is 1.80. The van der Waals surface area contributed by atoms with Crippen molar-refractivity contribution in [3.63, 3.8) is 0 Å². The Morgan fingerprint density at radius 1 is 1.20 bits per heavy atom. The standard InChI is InChI=1S/C22H25F3O9S/c1-20-6-4-12-19(28)33-15(11-5-7-32-10-11)9-21(12,2)17(20)16(26)14(8-13(20)18(27)31-3)34-35(29,30)22(23,24)25/h5,7,10,12-15,17H,4,6,8-9H2,1-3H3/t12-,13-,14+,15-,17?,20-,21-/m0/s1. The summed E-state index contributed by atoms with van der Waals surface area (Å²) in [5.74, 6) is -5.37. The number of rotatable bonds is 4. The Kier molecular flexibility index (Phi) is 6.11. The van der Waals surface area contributed by atoms with Crippen LogP contribution in [-0.4, -0.2) is 44.9 Å². The fourth-order valence-corrected chi connectivity index (χ4v) is 7.04. The van der Waals surface area contributed by atoms with Gasteiger partial charge in [-0.3, -0.25) is 18.6 Å². The van der Waals surface area contributed by atoms with Crippen LogP contribution < -0.4 is 0 Å². The number of hydrogen-bond acceptors (Lipinski definition) is 9. The van der Waals surface area contributed by atoms with Gasteiger partial charge in [-0.2, -0.15) is 21.6 Å². The van der Waals surface area contributed by atoms with Crippen LogP contribution in [0.15, 0.2) is 23.0 Å². The molecule has 1 unspecified atom stereocenters. The molecule has 1 saturated heterocycles. The zero-order valence-electron chi connectivity index (χ0n) is 19.2. The number of halogens is 3. The average molecular weight is 522 g/mol. The van der Waals surface area contributed by atoms with E-state index in [-0.39, 0.29) is 19.3 Å². The third-order valence-corrected chi connectivity index (χ3v) is 9.08. The monoisotopic (exact) mass is 522 g/mol.